The molecule has 90 valence electrons. The number of allylic oxidation sites excluding steroid dienone is 2. The molecule has 0 unspecified atom stereocenters. The molecule has 17 heavy (non-hydrogen) atoms. The number of rotatable bonds is 6. The van der Waals surface area contributed by atoms with Gasteiger partial charge in [0.05, 0.1) is 10.5 Å². The number of hydrogen-bond donors (Lipinski definition) is 0. The summed E-state index contributed by atoms with van der Waals surface area (Å²) in [5.74, 6) is 0.610. The number of nitrogens with zero attached hydrogens (tertiary/aromatic N) is 1. The lowest BCUT2D eigenvalue weighted by Crippen LogP contribution is -2.00. The molecule has 0 aliphatic rings. The zero-order valence-corrected chi connectivity index (χ0v) is 10.3. The van der Waals surface area contributed by atoms with Crippen molar-refractivity contribution in [3.05, 3.63) is 52.1 Å². The number of ketones is 1. The van der Waals surface area contributed by atoms with Gasteiger partial charge < -0.3 is 0 Å². The minimum Gasteiger partial charge on any atom is -0.289 e. The number of hydrogen-bond acceptors (Lipinski definition) is 4. The monoisotopic (exact) mass is 251 g/mol. The van der Waals surface area contributed by atoms with E-state index in [0.29, 0.717) is 0 Å². The maximum absolute atomic E-state index is 11.7. The van der Waals surface area contributed by atoms with Gasteiger partial charge in [-0.1, -0.05) is 18.2 Å². The molecule has 0 amide bonds. The first-order valence-corrected chi connectivity index (χ1v) is 6.49. The van der Waals surface area contributed by atoms with Gasteiger partial charge in [-0.05, 0) is 30.6 Å². The maximum atomic E-state index is 11.7. The Labute approximate surface area is 104 Å². The number of thioether (sulfide) groups is 1. The second-order valence-electron chi connectivity index (χ2n) is 3.32. The molecule has 0 saturated heterocycles. The van der Waals surface area contributed by atoms with Crippen molar-refractivity contribution in [2.75, 3.05) is 12.0 Å². The van der Waals surface area contributed by atoms with Crippen LogP contribution in [-0.2, 0) is 0 Å². The second-order valence-corrected chi connectivity index (χ2v) is 4.31. The molecule has 0 spiro atoms. The first kappa shape index (κ1) is 13.4. The molecule has 0 N–H and O–H groups in total. The highest BCUT2D eigenvalue weighted by atomic mass is 32.2. The molecule has 0 fully saturated rings. The van der Waals surface area contributed by atoms with Crippen LogP contribution in [0.1, 0.15) is 16.8 Å². The van der Waals surface area contributed by atoms with Crippen LogP contribution in [0.25, 0.3) is 0 Å². The summed E-state index contributed by atoms with van der Waals surface area (Å²) in [5.41, 5.74) is -0.00934. The van der Waals surface area contributed by atoms with Crippen molar-refractivity contribution in [3.63, 3.8) is 0 Å². The molecule has 1 aromatic carbocycles. The topological polar surface area (TPSA) is 60.2 Å². The maximum Gasteiger partial charge on any atom is 0.280 e. The van der Waals surface area contributed by atoms with Crippen molar-refractivity contribution in [2.45, 2.75) is 6.42 Å². The lowest BCUT2D eigenvalue weighted by molar-refractivity contribution is -0.385. The summed E-state index contributed by atoms with van der Waals surface area (Å²) in [5, 5.41) is 10.7. The number of para-hydroxylation sites is 1. The van der Waals surface area contributed by atoms with E-state index in [9.17, 15) is 14.9 Å². The van der Waals surface area contributed by atoms with E-state index in [1.165, 1.54) is 18.2 Å². The summed E-state index contributed by atoms with van der Waals surface area (Å²) in [4.78, 5) is 21.9. The summed E-state index contributed by atoms with van der Waals surface area (Å²) in [7, 11) is 0. The SMILES string of the molecule is CSCC/C=C/C(=O)c1ccccc1[N+](=O)[O-]. The Kier molecular flexibility index (Phi) is 5.42. The highest BCUT2D eigenvalue weighted by Crippen LogP contribution is 2.18. The van der Waals surface area contributed by atoms with E-state index < -0.39 is 4.92 Å². The van der Waals surface area contributed by atoms with E-state index >= 15 is 0 Å². The first-order valence-electron chi connectivity index (χ1n) is 5.10. The van der Waals surface area contributed by atoms with Crippen molar-refractivity contribution in [1.29, 1.82) is 0 Å². The summed E-state index contributed by atoms with van der Waals surface area (Å²) < 4.78 is 0. The lowest BCUT2D eigenvalue weighted by atomic mass is 10.1. The fourth-order valence-corrected chi connectivity index (χ4v) is 1.68. The number of benzene rings is 1. The summed E-state index contributed by atoms with van der Waals surface area (Å²) in [6, 6.07) is 5.98. The van der Waals surface area contributed by atoms with E-state index in [4.69, 9.17) is 0 Å². The van der Waals surface area contributed by atoms with E-state index in [1.54, 1.807) is 30.0 Å². The van der Waals surface area contributed by atoms with Gasteiger partial charge in [0.25, 0.3) is 5.69 Å². The third-order valence-corrected chi connectivity index (χ3v) is 2.77. The fourth-order valence-electron chi connectivity index (χ4n) is 1.31. The van der Waals surface area contributed by atoms with Crippen LogP contribution in [0.15, 0.2) is 36.4 Å². The largest absolute Gasteiger partial charge is 0.289 e. The fraction of sp³-hybridized carbons (Fsp3) is 0.250. The Balaban J connectivity index is 2.82. The van der Waals surface area contributed by atoms with Gasteiger partial charge >= 0.3 is 0 Å². The molecule has 0 bridgehead atoms. The van der Waals surface area contributed by atoms with Gasteiger partial charge in [-0.15, -0.1) is 0 Å². The first-order chi connectivity index (χ1) is 8.16. The highest BCUT2D eigenvalue weighted by Gasteiger charge is 2.16. The van der Waals surface area contributed by atoms with Crippen LogP contribution in [-0.4, -0.2) is 22.7 Å². The van der Waals surface area contributed by atoms with E-state index in [2.05, 4.69) is 0 Å². The average Bonchev–Trinajstić information content (AvgIpc) is 2.34. The molecule has 1 aromatic rings. The Morgan fingerprint density at radius 1 is 1.47 bits per heavy atom. The van der Waals surface area contributed by atoms with Crippen LogP contribution in [0.5, 0.6) is 0 Å². The van der Waals surface area contributed by atoms with Gasteiger partial charge in [0.1, 0.15) is 0 Å². The van der Waals surface area contributed by atoms with Gasteiger partial charge in [-0.3, -0.25) is 14.9 Å². The minimum atomic E-state index is -0.539. The number of carbonyl (C=O) groups excluding carboxylic acids is 1. The van der Waals surface area contributed by atoms with Crippen LogP contribution in [0.4, 0.5) is 5.69 Å². The molecule has 1 rings (SSSR count). The minimum absolute atomic E-state index is 0.137. The van der Waals surface area contributed by atoms with Crippen LogP contribution in [0.2, 0.25) is 0 Å². The zero-order chi connectivity index (χ0) is 12.7. The van der Waals surface area contributed by atoms with Gasteiger partial charge in [0.2, 0.25) is 0 Å². The van der Waals surface area contributed by atoms with Crippen molar-refractivity contribution >= 4 is 23.2 Å². The number of carbonyl (C=O) groups is 1. The van der Waals surface area contributed by atoms with Gasteiger partial charge in [0.15, 0.2) is 5.78 Å². The second kappa shape index (κ2) is 6.85. The molecular formula is C12H13NO3S. The molecule has 5 heteroatoms. The molecule has 0 aliphatic heterocycles. The molecule has 0 atom stereocenters. The van der Waals surface area contributed by atoms with Crippen molar-refractivity contribution < 1.29 is 9.72 Å². The van der Waals surface area contributed by atoms with Crippen LogP contribution in [0, 0.1) is 10.1 Å². The van der Waals surface area contributed by atoms with Gasteiger partial charge in [-0.25, -0.2) is 0 Å². The van der Waals surface area contributed by atoms with Crippen molar-refractivity contribution in [2.24, 2.45) is 0 Å². The summed E-state index contributed by atoms with van der Waals surface area (Å²) in [6.45, 7) is 0. The van der Waals surface area contributed by atoms with Crippen LogP contribution >= 0.6 is 11.8 Å². The molecule has 0 radical (unpaired) electrons. The van der Waals surface area contributed by atoms with E-state index in [1.807, 2.05) is 6.26 Å². The predicted octanol–water partition coefficient (Wildman–Crippen LogP) is 3.09. The standard InChI is InChI=1S/C12H13NO3S/c1-17-9-5-4-8-12(14)10-6-2-3-7-11(10)13(15)16/h2-4,6-8H,5,9H2,1H3/b8-4+. The quantitative estimate of drug-likeness (QED) is 0.256. The third-order valence-electron chi connectivity index (χ3n) is 2.12. The molecular weight excluding hydrogens is 238 g/mol. The number of nitro benzene ring substituents is 1. The zero-order valence-electron chi connectivity index (χ0n) is 9.46. The van der Waals surface area contributed by atoms with E-state index in [-0.39, 0.29) is 17.0 Å². The molecule has 0 heterocycles. The molecule has 0 aromatic heterocycles. The average molecular weight is 251 g/mol. The Morgan fingerprint density at radius 2 is 2.18 bits per heavy atom. The third kappa shape index (κ3) is 4.03. The Bertz CT molecular complexity index is 443. The summed E-state index contributed by atoms with van der Waals surface area (Å²) in [6.07, 6.45) is 5.92. The number of nitro groups is 1. The van der Waals surface area contributed by atoms with Gasteiger partial charge in [-0.2, -0.15) is 11.8 Å². The predicted molar refractivity (Wildman–Crippen MR) is 69.6 cm³/mol. The Hall–Kier alpha value is -1.62. The van der Waals surface area contributed by atoms with Gasteiger partial charge in [0, 0.05) is 6.07 Å². The normalized spacial score (nSPS) is 10.6. The van der Waals surface area contributed by atoms with Crippen molar-refractivity contribution in [1.82, 2.24) is 0 Å². The van der Waals surface area contributed by atoms with Crippen LogP contribution < -0.4 is 0 Å². The van der Waals surface area contributed by atoms with E-state index in [0.717, 1.165) is 12.2 Å². The Morgan fingerprint density at radius 3 is 2.82 bits per heavy atom. The molecule has 4 nitrogen and oxygen atoms in total. The summed E-state index contributed by atoms with van der Waals surface area (Å²) >= 11 is 1.69. The molecule has 0 saturated carbocycles. The van der Waals surface area contributed by atoms with Crippen LogP contribution in [0.3, 0.4) is 0 Å². The smallest absolute Gasteiger partial charge is 0.280 e. The highest BCUT2D eigenvalue weighted by molar-refractivity contribution is 7.98. The molecule has 0 aliphatic carbocycles. The lowest BCUT2D eigenvalue weighted by Gasteiger charge is -1.97. The van der Waals surface area contributed by atoms with Crippen molar-refractivity contribution in [3.8, 4) is 0 Å².